The summed E-state index contributed by atoms with van der Waals surface area (Å²) in [7, 11) is 0. The summed E-state index contributed by atoms with van der Waals surface area (Å²) in [5.41, 5.74) is 1.90. The third-order valence-corrected chi connectivity index (χ3v) is 4.24. The summed E-state index contributed by atoms with van der Waals surface area (Å²) in [5, 5.41) is 0. The van der Waals surface area contributed by atoms with Gasteiger partial charge in [0.1, 0.15) is 5.82 Å². The van der Waals surface area contributed by atoms with Gasteiger partial charge < -0.3 is 4.90 Å². The lowest BCUT2D eigenvalue weighted by Gasteiger charge is -2.31. The first-order valence-corrected chi connectivity index (χ1v) is 8.20. The summed E-state index contributed by atoms with van der Waals surface area (Å²) in [6.45, 7) is 1.91. The minimum atomic E-state index is -2.63. The van der Waals surface area contributed by atoms with Gasteiger partial charge in [-0.15, -0.1) is 3.89 Å². The molecule has 0 fully saturated rings. The van der Waals surface area contributed by atoms with Gasteiger partial charge in [-0.25, -0.2) is 8.96 Å². The van der Waals surface area contributed by atoms with E-state index in [2.05, 4.69) is 4.98 Å². The molecule has 0 saturated carbocycles. The number of para-hydroxylation sites is 2. The van der Waals surface area contributed by atoms with E-state index < -0.39 is 11.4 Å². The van der Waals surface area contributed by atoms with Crippen LogP contribution in [0.25, 0.3) is 0 Å². The molecule has 2 atom stereocenters. The Morgan fingerprint density at radius 1 is 1.04 bits per heavy atom. The Balaban J connectivity index is 2.08. The lowest BCUT2D eigenvalue weighted by molar-refractivity contribution is 0.628. The quantitative estimate of drug-likeness (QED) is 0.659. The number of halogens is 1. The van der Waals surface area contributed by atoms with Crippen LogP contribution in [0.2, 0.25) is 0 Å². The normalized spacial score (nSPS) is 13.5. The molecule has 2 aromatic carbocycles. The Kier molecular flexibility index (Phi) is 4.52. The van der Waals surface area contributed by atoms with E-state index in [1.54, 1.807) is 0 Å². The molecule has 0 saturated heterocycles. The van der Waals surface area contributed by atoms with Gasteiger partial charge in [-0.2, -0.15) is 4.21 Å². The van der Waals surface area contributed by atoms with Crippen molar-refractivity contribution >= 4 is 22.7 Å². The molecule has 3 aromatic rings. The van der Waals surface area contributed by atoms with Crippen molar-refractivity contribution in [3.63, 3.8) is 0 Å². The van der Waals surface area contributed by atoms with Gasteiger partial charge in [-0.05, 0) is 31.2 Å². The molecule has 1 aromatic heterocycles. The van der Waals surface area contributed by atoms with Gasteiger partial charge in [-0.1, -0.05) is 36.4 Å². The third-order valence-electron chi connectivity index (χ3n) is 3.62. The molecule has 4 nitrogen and oxygen atoms in total. The van der Waals surface area contributed by atoms with Gasteiger partial charge >= 0.3 is 11.4 Å². The van der Waals surface area contributed by atoms with Crippen LogP contribution in [0, 0.1) is 0 Å². The average Bonchev–Trinajstić information content (AvgIpc) is 3.07. The number of anilines is 2. The number of imidazole rings is 1. The van der Waals surface area contributed by atoms with Crippen molar-refractivity contribution in [1.82, 2.24) is 8.96 Å². The molecular weight excluding hydrogens is 313 g/mol. The number of aromatic nitrogens is 2. The molecule has 0 aliphatic heterocycles. The highest BCUT2D eigenvalue weighted by atomic mass is 32.2. The highest BCUT2D eigenvalue weighted by Crippen LogP contribution is 2.34. The Morgan fingerprint density at radius 3 is 2.04 bits per heavy atom. The van der Waals surface area contributed by atoms with Crippen molar-refractivity contribution in [2.24, 2.45) is 0 Å². The van der Waals surface area contributed by atoms with Crippen LogP contribution in [0.1, 0.15) is 18.8 Å². The summed E-state index contributed by atoms with van der Waals surface area (Å²) in [6.07, 6.45) is 2.84. The van der Waals surface area contributed by atoms with Crippen molar-refractivity contribution in [2.75, 3.05) is 4.90 Å². The highest BCUT2D eigenvalue weighted by molar-refractivity contribution is 7.78. The van der Waals surface area contributed by atoms with Crippen LogP contribution in [0.3, 0.4) is 0 Å². The van der Waals surface area contributed by atoms with Crippen molar-refractivity contribution in [3.05, 3.63) is 78.9 Å². The van der Waals surface area contributed by atoms with E-state index in [9.17, 15) is 8.09 Å². The molecule has 0 spiro atoms. The minimum absolute atomic E-state index is 0.297. The molecule has 6 heteroatoms. The zero-order chi connectivity index (χ0) is 16.2. The molecular formula is C17H16FN3OS. The Bertz CT molecular complexity index is 752. The minimum Gasteiger partial charge on any atom is -0.331 e. The smallest absolute Gasteiger partial charge is 0.309 e. The fraction of sp³-hybridized carbons (Fsp3) is 0.118. The standard InChI is InChI=1S/C17H16FN3OS/c1-14(17-19-12-13-20(17)23(18)22)21(15-8-4-2-5-9-15)16-10-6-3-7-11-16/h2-14H,1H3. The molecule has 0 amide bonds. The SMILES string of the molecule is CC(c1nccn1S(=O)F)N(c1ccccc1)c1ccccc1. The second-order valence-corrected chi connectivity index (χ2v) is 5.84. The van der Waals surface area contributed by atoms with Crippen LogP contribution in [0.5, 0.6) is 0 Å². The van der Waals surface area contributed by atoms with E-state index in [0.717, 1.165) is 15.3 Å². The first-order valence-electron chi connectivity index (χ1n) is 7.19. The molecule has 1 heterocycles. The molecule has 0 radical (unpaired) electrons. The fourth-order valence-electron chi connectivity index (χ4n) is 2.61. The summed E-state index contributed by atoms with van der Waals surface area (Å²) in [5.74, 6) is 0.401. The highest BCUT2D eigenvalue weighted by Gasteiger charge is 2.23. The van der Waals surface area contributed by atoms with Gasteiger partial charge in [-0.3, -0.25) is 0 Å². The van der Waals surface area contributed by atoms with Gasteiger partial charge in [0.05, 0.1) is 6.04 Å². The van der Waals surface area contributed by atoms with E-state index in [-0.39, 0.29) is 6.04 Å². The Hall–Kier alpha value is -2.47. The lowest BCUT2D eigenvalue weighted by atomic mass is 10.1. The van der Waals surface area contributed by atoms with Crippen LogP contribution in [0.4, 0.5) is 15.3 Å². The van der Waals surface area contributed by atoms with Crippen molar-refractivity contribution in [2.45, 2.75) is 13.0 Å². The van der Waals surface area contributed by atoms with Crippen molar-refractivity contribution in [1.29, 1.82) is 0 Å². The topological polar surface area (TPSA) is 38.1 Å². The number of nitrogens with zero attached hydrogens (tertiary/aromatic N) is 3. The maximum atomic E-state index is 13.3. The predicted molar refractivity (Wildman–Crippen MR) is 90.3 cm³/mol. The maximum absolute atomic E-state index is 13.3. The molecule has 0 N–H and O–H groups in total. The number of hydrogen-bond donors (Lipinski definition) is 0. The predicted octanol–water partition coefficient (Wildman–Crippen LogP) is 4.18. The van der Waals surface area contributed by atoms with Crippen LogP contribution in [-0.4, -0.2) is 13.2 Å². The molecule has 118 valence electrons. The van der Waals surface area contributed by atoms with Crippen molar-refractivity contribution in [3.8, 4) is 0 Å². The molecule has 0 aliphatic carbocycles. The Morgan fingerprint density at radius 2 is 1.57 bits per heavy atom. The average molecular weight is 329 g/mol. The van der Waals surface area contributed by atoms with Gasteiger partial charge in [0.25, 0.3) is 0 Å². The second-order valence-electron chi connectivity index (χ2n) is 5.03. The lowest BCUT2D eigenvalue weighted by Crippen LogP contribution is -2.24. The molecule has 3 rings (SSSR count). The Labute approximate surface area is 137 Å². The largest absolute Gasteiger partial charge is 0.331 e. The molecule has 23 heavy (non-hydrogen) atoms. The first-order chi connectivity index (χ1) is 11.2. The fourth-order valence-corrected chi connectivity index (χ4v) is 3.10. The zero-order valence-corrected chi connectivity index (χ0v) is 13.4. The zero-order valence-electron chi connectivity index (χ0n) is 12.5. The number of rotatable bonds is 5. The summed E-state index contributed by atoms with van der Waals surface area (Å²) in [6, 6.07) is 19.3. The van der Waals surface area contributed by atoms with Crippen LogP contribution in [-0.2, 0) is 11.4 Å². The van der Waals surface area contributed by atoms with Crippen LogP contribution in [0.15, 0.2) is 73.1 Å². The van der Waals surface area contributed by atoms with E-state index in [4.69, 9.17) is 0 Å². The monoisotopic (exact) mass is 329 g/mol. The summed E-state index contributed by atoms with van der Waals surface area (Å²) < 4.78 is 25.7. The van der Waals surface area contributed by atoms with Crippen LogP contribution < -0.4 is 4.90 Å². The van der Waals surface area contributed by atoms with Gasteiger partial charge in [0, 0.05) is 23.8 Å². The van der Waals surface area contributed by atoms with E-state index >= 15 is 0 Å². The maximum Gasteiger partial charge on any atom is 0.309 e. The second kappa shape index (κ2) is 6.75. The molecule has 0 bridgehead atoms. The van der Waals surface area contributed by atoms with E-state index in [0.29, 0.717) is 5.82 Å². The molecule has 2 unspecified atom stereocenters. The van der Waals surface area contributed by atoms with Crippen molar-refractivity contribution < 1.29 is 8.09 Å². The van der Waals surface area contributed by atoms with E-state index in [1.807, 2.05) is 72.5 Å². The summed E-state index contributed by atoms with van der Waals surface area (Å²) >= 11 is -2.63. The first kappa shape index (κ1) is 15.4. The third kappa shape index (κ3) is 3.17. The van der Waals surface area contributed by atoms with Crippen LogP contribution >= 0.6 is 0 Å². The van der Waals surface area contributed by atoms with Gasteiger partial charge in [0.2, 0.25) is 0 Å². The summed E-state index contributed by atoms with van der Waals surface area (Å²) in [4.78, 5) is 6.23. The number of hydrogen-bond acceptors (Lipinski definition) is 3. The van der Waals surface area contributed by atoms with E-state index in [1.165, 1.54) is 12.4 Å². The van der Waals surface area contributed by atoms with Gasteiger partial charge in [0.15, 0.2) is 0 Å². The molecule has 0 aliphatic rings. The number of benzene rings is 2.